The fourth-order valence-electron chi connectivity index (χ4n) is 1.89. The second-order valence-electron chi connectivity index (χ2n) is 5.14. The van der Waals surface area contributed by atoms with Crippen molar-refractivity contribution in [3.05, 3.63) is 23.5 Å². The quantitative estimate of drug-likeness (QED) is 0.451. The van der Waals surface area contributed by atoms with Crippen LogP contribution in [0, 0.1) is 0 Å². The molecule has 0 saturated carbocycles. The minimum atomic E-state index is 0.0788. The summed E-state index contributed by atoms with van der Waals surface area (Å²) in [5, 5.41) is 6.45. The van der Waals surface area contributed by atoms with Crippen LogP contribution in [0.3, 0.4) is 0 Å². The van der Waals surface area contributed by atoms with E-state index in [1.165, 1.54) is 0 Å². The third kappa shape index (κ3) is 12.9. The molecule has 0 aliphatic carbocycles. The smallest absolute Gasteiger partial charge is 0.154 e. The first-order chi connectivity index (χ1) is 9.41. The lowest BCUT2D eigenvalue weighted by molar-refractivity contribution is -0.113. The topological polar surface area (TPSA) is 58.2 Å². The van der Waals surface area contributed by atoms with Gasteiger partial charge in [0.25, 0.3) is 0 Å². The molecule has 0 unspecified atom stereocenters. The zero-order chi connectivity index (χ0) is 15.4. The molecule has 0 aromatic heterocycles. The summed E-state index contributed by atoms with van der Waals surface area (Å²) in [4.78, 5) is 21.7. The highest BCUT2D eigenvalue weighted by Crippen LogP contribution is 2.00. The van der Waals surface area contributed by atoms with Crippen molar-refractivity contribution in [1.29, 1.82) is 0 Å². The summed E-state index contributed by atoms with van der Waals surface area (Å²) >= 11 is 0. The molecule has 0 radical (unpaired) electrons. The predicted octanol–water partition coefficient (Wildman–Crippen LogP) is 2.71. The Morgan fingerprint density at radius 2 is 1.05 bits per heavy atom. The molecule has 0 aromatic rings. The zero-order valence-corrected chi connectivity index (χ0v) is 13.2. The fraction of sp³-hybridized carbons (Fsp3) is 0.625. The number of rotatable bonds is 11. The van der Waals surface area contributed by atoms with Crippen LogP contribution in [0.25, 0.3) is 0 Å². The number of allylic oxidation sites excluding steroid dienone is 4. The second kappa shape index (κ2) is 11.3. The third-order valence-electron chi connectivity index (χ3n) is 2.75. The largest absolute Gasteiger partial charge is 0.388 e. The first-order valence-electron chi connectivity index (χ1n) is 7.27. The molecule has 0 bridgehead atoms. The maximum atomic E-state index is 10.8. The van der Waals surface area contributed by atoms with Gasteiger partial charge in [-0.3, -0.25) is 9.59 Å². The van der Waals surface area contributed by atoms with Gasteiger partial charge in [-0.2, -0.15) is 0 Å². The fourth-order valence-corrected chi connectivity index (χ4v) is 1.89. The van der Waals surface area contributed by atoms with Crippen molar-refractivity contribution in [1.82, 2.24) is 10.6 Å². The van der Waals surface area contributed by atoms with Crippen molar-refractivity contribution in [2.24, 2.45) is 0 Å². The average Bonchev–Trinajstić information content (AvgIpc) is 2.30. The van der Waals surface area contributed by atoms with E-state index in [0.717, 1.165) is 50.2 Å². The monoisotopic (exact) mass is 280 g/mol. The molecule has 0 atom stereocenters. The molecule has 114 valence electrons. The summed E-state index contributed by atoms with van der Waals surface area (Å²) in [6.07, 6.45) is 7.77. The van der Waals surface area contributed by atoms with Crippen LogP contribution in [-0.2, 0) is 9.59 Å². The van der Waals surface area contributed by atoms with Gasteiger partial charge < -0.3 is 10.6 Å². The normalized spacial score (nSPS) is 12.2. The lowest BCUT2D eigenvalue weighted by Crippen LogP contribution is -2.15. The van der Waals surface area contributed by atoms with Crippen LogP contribution in [0.15, 0.2) is 23.5 Å². The van der Waals surface area contributed by atoms with E-state index in [9.17, 15) is 9.59 Å². The number of hydrogen-bond acceptors (Lipinski definition) is 4. The van der Waals surface area contributed by atoms with Crippen molar-refractivity contribution in [2.75, 3.05) is 13.1 Å². The van der Waals surface area contributed by atoms with E-state index in [-0.39, 0.29) is 11.6 Å². The van der Waals surface area contributed by atoms with Crippen LogP contribution < -0.4 is 10.6 Å². The Balaban J connectivity index is 3.46. The third-order valence-corrected chi connectivity index (χ3v) is 2.75. The Morgan fingerprint density at radius 1 is 0.700 bits per heavy atom. The van der Waals surface area contributed by atoms with Gasteiger partial charge in [-0.1, -0.05) is 12.8 Å². The maximum absolute atomic E-state index is 10.8. The van der Waals surface area contributed by atoms with Gasteiger partial charge in [0.05, 0.1) is 0 Å². The summed E-state index contributed by atoms with van der Waals surface area (Å²) in [5.41, 5.74) is 1.87. The molecule has 0 rings (SSSR count). The van der Waals surface area contributed by atoms with Crippen molar-refractivity contribution < 1.29 is 9.59 Å². The van der Waals surface area contributed by atoms with Crippen LogP contribution in [-0.4, -0.2) is 24.7 Å². The molecular weight excluding hydrogens is 252 g/mol. The minimum Gasteiger partial charge on any atom is -0.388 e. The number of hydrogen-bond donors (Lipinski definition) is 2. The number of ketones is 2. The molecule has 20 heavy (non-hydrogen) atoms. The molecule has 0 fully saturated rings. The molecule has 0 amide bonds. The van der Waals surface area contributed by atoms with Gasteiger partial charge in [0.15, 0.2) is 11.6 Å². The number of carbonyl (C=O) groups excluding carboxylic acids is 2. The highest BCUT2D eigenvalue weighted by molar-refractivity contribution is 5.88. The van der Waals surface area contributed by atoms with E-state index in [1.54, 1.807) is 26.0 Å². The second-order valence-corrected chi connectivity index (χ2v) is 5.14. The van der Waals surface area contributed by atoms with Crippen molar-refractivity contribution >= 4 is 11.6 Å². The summed E-state index contributed by atoms with van der Waals surface area (Å²) in [5.74, 6) is 0.158. The van der Waals surface area contributed by atoms with Crippen LogP contribution in [0.1, 0.15) is 53.4 Å². The van der Waals surface area contributed by atoms with E-state index in [4.69, 9.17) is 0 Å². The van der Waals surface area contributed by atoms with Crippen molar-refractivity contribution in [3.63, 3.8) is 0 Å². The standard InChI is InChI=1S/C16H28N2O2/c1-13(11-15(3)19)17-9-7-5-6-8-10-18-14(2)12-16(4)20/h11-12,17-18H,5-10H2,1-4H3. The van der Waals surface area contributed by atoms with E-state index in [0.29, 0.717) is 0 Å². The molecule has 0 aromatic carbocycles. The van der Waals surface area contributed by atoms with Crippen LogP contribution >= 0.6 is 0 Å². The van der Waals surface area contributed by atoms with Crippen LogP contribution in [0.2, 0.25) is 0 Å². The summed E-state index contributed by atoms with van der Waals surface area (Å²) in [6, 6.07) is 0. The molecule has 0 saturated heterocycles. The maximum Gasteiger partial charge on any atom is 0.154 e. The Kier molecular flexibility index (Phi) is 10.4. The lowest BCUT2D eigenvalue weighted by atomic mass is 10.2. The number of carbonyl (C=O) groups is 2. The first kappa shape index (κ1) is 18.4. The molecule has 2 N–H and O–H groups in total. The zero-order valence-electron chi connectivity index (χ0n) is 13.2. The minimum absolute atomic E-state index is 0.0788. The van der Waals surface area contributed by atoms with E-state index in [2.05, 4.69) is 10.6 Å². The van der Waals surface area contributed by atoms with Gasteiger partial charge >= 0.3 is 0 Å². The lowest BCUT2D eigenvalue weighted by Gasteiger charge is -2.07. The van der Waals surface area contributed by atoms with Gasteiger partial charge in [-0.05, 0) is 52.7 Å². The molecule has 0 heterocycles. The molecular formula is C16H28N2O2. The molecule has 4 heteroatoms. The van der Waals surface area contributed by atoms with Crippen molar-refractivity contribution in [2.45, 2.75) is 53.4 Å². The molecule has 0 spiro atoms. The highest BCUT2D eigenvalue weighted by Gasteiger charge is 1.94. The van der Waals surface area contributed by atoms with Gasteiger partial charge in [-0.25, -0.2) is 0 Å². The molecule has 4 nitrogen and oxygen atoms in total. The van der Waals surface area contributed by atoms with Gasteiger partial charge in [0, 0.05) is 24.5 Å². The Hall–Kier alpha value is -1.58. The van der Waals surface area contributed by atoms with Gasteiger partial charge in [-0.15, -0.1) is 0 Å². The highest BCUT2D eigenvalue weighted by atomic mass is 16.1. The Labute approximate surface area is 122 Å². The molecule has 0 aliphatic rings. The number of nitrogens with one attached hydrogen (secondary N) is 2. The average molecular weight is 280 g/mol. The van der Waals surface area contributed by atoms with E-state index >= 15 is 0 Å². The van der Waals surface area contributed by atoms with E-state index < -0.39 is 0 Å². The van der Waals surface area contributed by atoms with Crippen molar-refractivity contribution in [3.8, 4) is 0 Å². The van der Waals surface area contributed by atoms with Gasteiger partial charge in [0.1, 0.15) is 0 Å². The summed E-state index contributed by atoms with van der Waals surface area (Å²) in [7, 11) is 0. The summed E-state index contributed by atoms with van der Waals surface area (Å²) < 4.78 is 0. The van der Waals surface area contributed by atoms with Gasteiger partial charge in [0.2, 0.25) is 0 Å². The predicted molar refractivity (Wildman–Crippen MR) is 83.3 cm³/mol. The Morgan fingerprint density at radius 3 is 1.35 bits per heavy atom. The SMILES string of the molecule is CC(=O)C=C(C)NCCCCCCNC(C)=CC(C)=O. The summed E-state index contributed by atoms with van der Waals surface area (Å²) in [6.45, 7) is 8.75. The number of unbranched alkanes of at least 4 members (excludes halogenated alkanes) is 3. The van der Waals surface area contributed by atoms with Crippen LogP contribution in [0.5, 0.6) is 0 Å². The Bertz CT molecular complexity index is 335. The first-order valence-corrected chi connectivity index (χ1v) is 7.27. The molecule has 0 aliphatic heterocycles. The van der Waals surface area contributed by atoms with Crippen LogP contribution in [0.4, 0.5) is 0 Å². The van der Waals surface area contributed by atoms with E-state index in [1.807, 2.05) is 13.8 Å².